The van der Waals surface area contributed by atoms with Crippen molar-refractivity contribution >= 4 is 5.82 Å². The van der Waals surface area contributed by atoms with Crippen LogP contribution >= 0.6 is 0 Å². The Morgan fingerprint density at radius 1 is 1.20 bits per heavy atom. The smallest absolute Gasteiger partial charge is 0.184 e. The van der Waals surface area contributed by atoms with Crippen LogP contribution in [0, 0.1) is 0 Å². The van der Waals surface area contributed by atoms with E-state index in [1.165, 1.54) is 0 Å². The lowest BCUT2D eigenvalue weighted by atomic mass is 10.3. The molecule has 2 aliphatic heterocycles. The van der Waals surface area contributed by atoms with Crippen LogP contribution in [0.15, 0.2) is 12.7 Å². The quantitative estimate of drug-likeness (QED) is 0.754. The van der Waals surface area contributed by atoms with Gasteiger partial charge in [0.15, 0.2) is 11.5 Å². The van der Waals surface area contributed by atoms with Crippen LogP contribution in [0.3, 0.4) is 0 Å². The van der Waals surface area contributed by atoms with E-state index in [1.807, 2.05) is 11.6 Å². The van der Waals surface area contributed by atoms with Gasteiger partial charge in [-0.2, -0.15) is 0 Å². The maximum Gasteiger partial charge on any atom is 0.184 e. The van der Waals surface area contributed by atoms with Crippen LogP contribution < -0.4 is 4.90 Å². The van der Waals surface area contributed by atoms with Crippen LogP contribution in [0.5, 0.6) is 0 Å². The second-order valence-electron chi connectivity index (χ2n) is 3.40. The van der Waals surface area contributed by atoms with Gasteiger partial charge >= 0.3 is 0 Å². The monoisotopic (exact) mass is 205 g/mol. The molecule has 0 radical (unpaired) electrons. The van der Waals surface area contributed by atoms with Gasteiger partial charge in [-0.25, -0.2) is 15.0 Å². The highest BCUT2D eigenvalue weighted by molar-refractivity contribution is 5.67. The molecule has 0 bridgehead atoms. The van der Waals surface area contributed by atoms with Crippen LogP contribution in [0.1, 0.15) is 13.8 Å². The molecular weight excluding hydrogens is 190 g/mol. The van der Waals surface area contributed by atoms with Crippen LogP contribution in [0.4, 0.5) is 5.82 Å². The molecule has 0 unspecified atom stereocenters. The number of nitrogens with zero attached hydrogens (tertiary/aromatic N) is 5. The van der Waals surface area contributed by atoms with Crippen molar-refractivity contribution in [2.45, 2.75) is 13.8 Å². The lowest BCUT2D eigenvalue weighted by molar-refractivity contribution is 0.765. The number of fused-ring (bicyclic) bond motifs is 1. The van der Waals surface area contributed by atoms with Gasteiger partial charge in [0.2, 0.25) is 0 Å². The van der Waals surface area contributed by atoms with E-state index in [2.05, 4.69) is 33.7 Å². The summed E-state index contributed by atoms with van der Waals surface area (Å²) in [6.45, 7) is 6.17. The lowest BCUT2D eigenvalue weighted by Gasteiger charge is -2.24. The van der Waals surface area contributed by atoms with Crippen molar-refractivity contribution in [1.29, 1.82) is 0 Å². The Morgan fingerprint density at radius 2 is 1.93 bits per heavy atom. The predicted octanol–water partition coefficient (Wildman–Crippen LogP) is 1.16. The Labute approximate surface area is 89.1 Å². The maximum atomic E-state index is 4.26. The first kappa shape index (κ1) is 9.89. The molecule has 0 fully saturated rings. The first-order valence-corrected chi connectivity index (χ1v) is 5.14. The number of hydrogen-bond acceptors (Lipinski definition) is 4. The summed E-state index contributed by atoms with van der Waals surface area (Å²) in [5, 5.41) is 0. The van der Waals surface area contributed by atoms with E-state index < -0.39 is 0 Å². The molecule has 80 valence electrons. The number of aryl methyl sites for hydroxylation is 1. The molecule has 2 aliphatic rings. The summed E-state index contributed by atoms with van der Waals surface area (Å²) in [5.74, 6) is 1.80. The Balaban J connectivity index is 2.58. The molecule has 5 nitrogen and oxygen atoms in total. The van der Waals surface area contributed by atoms with E-state index in [1.54, 1.807) is 12.7 Å². The van der Waals surface area contributed by atoms with Gasteiger partial charge in [0.1, 0.15) is 12.1 Å². The summed E-state index contributed by atoms with van der Waals surface area (Å²) in [5.41, 5.74) is 0.878. The highest BCUT2D eigenvalue weighted by Crippen LogP contribution is 2.26. The van der Waals surface area contributed by atoms with Gasteiger partial charge in [-0.15, -0.1) is 0 Å². The Kier molecular flexibility index (Phi) is 2.53. The van der Waals surface area contributed by atoms with Crippen LogP contribution in [0.2, 0.25) is 0 Å². The van der Waals surface area contributed by atoms with Crippen LogP contribution in [-0.4, -0.2) is 32.6 Å². The fourth-order valence-electron chi connectivity index (χ4n) is 1.77. The van der Waals surface area contributed by atoms with Gasteiger partial charge in [0.25, 0.3) is 0 Å². The van der Waals surface area contributed by atoms with E-state index in [0.717, 1.165) is 30.4 Å². The van der Waals surface area contributed by atoms with E-state index in [0.29, 0.717) is 0 Å². The highest BCUT2D eigenvalue weighted by atomic mass is 15.3. The fraction of sp³-hybridized carbons (Fsp3) is 0.500. The molecule has 0 spiro atoms. The standard InChI is InChI=1S/C10H15N5/c1-4-15(5-2)10-8-9(12-6-11-8)13-7-14(10)3/h6-7H,4-5H2,1-3H3. The SMILES string of the molecule is CCN(CC)c1c2ncnc-2ncn1C. The molecule has 0 aromatic carbocycles. The summed E-state index contributed by atoms with van der Waals surface area (Å²) in [6, 6.07) is 0. The predicted molar refractivity (Wildman–Crippen MR) is 59.0 cm³/mol. The summed E-state index contributed by atoms with van der Waals surface area (Å²) in [4.78, 5) is 14.8. The topological polar surface area (TPSA) is 46.8 Å². The van der Waals surface area contributed by atoms with Crippen LogP contribution in [0.25, 0.3) is 11.5 Å². The zero-order valence-corrected chi connectivity index (χ0v) is 9.30. The Morgan fingerprint density at radius 3 is 2.60 bits per heavy atom. The van der Waals surface area contributed by atoms with Gasteiger partial charge in [0.05, 0.1) is 6.33 Å². The molecule has 2 heterocycles. The maximum absolute atomic E-state index is 4.26. The van der Waals surface area contributed by atoms with E-state index >= 15 is 0 Å². The molecule has 0 saturated carbocycles. The fourth-order valence-corrected chi connectivity index (χ4v) is 1.77. The average Bonchev–Trinajstić information content (AvgIpc) is 2.70. The molecule has 5 heteroatoms. The van der Waals surface area contributed by atoms with Crippen molar-refractivity contribution in [2.75, 3.05) is 18.0 Å². The van der Waals surface area contributed by atoms with Crippen molar-refractivity contribution in [3.05, 3.63) is 12.7 Å². The van der Waals surface area contributed by atoms with E-state index in [9.17, 15) is 0 Å². The number of imidazole rings is 1. The molecular formula is C10H15N5. The number of rotatable bonds is 3. The normalized spacial score (nSPS) is 10.9. The minimum Gasteiger partial charge on any atom is -0.357 e. The zero-order valence-electron chi connectivity index (χ0n) is 9.30. The van der Waals surface area contributed by atoms with Crippen molar-refractivity contribution < 1.29 is 0 Å². The number of anilines is 1. The molecule has 0 N–H and O–H groups in total. The molecule has 2 rings (SSSR count). The molecule has 0 saturated heterocycles. The van der Waals surface area contributed by atoms with Gasteiger partial charge in [-0.3, -0.25) is 0 Å². The van der Waals surface area contributed by atoms with Gasteiger partial charge < -0.3 is 9.47 Å². The van der Waals surface area contributed by atoms with E-state index in [4.69, 9.17) is 0 Å². The van der Waals surface area contributed by atoms with E-state index in [-0.39, 0.29) is 0 Å². The third-order valence-electron chi connectivity index (χ3n) is 2.54. The van der Waals surface area contributed by atoms with Crippen LogP contribution in [-0.2, 0) is 7.05 Å². The second kappa shape index (κ2) is 3.84. The third-order valence-corrected chi connectivity index (χ3v) is 2.54. The largest absolute Gasteiger partial charge is 0.357 e. The molecule has 15 heavy (non-hydrogen) atoms. The number of aromatic nitrogens is 4. The molecule has 0 aliphatic carbocycles. The first-order valence-electron chi connectivity index (χ1n) is 5.14. The molecule has 0 aromatic rings. The molecule has 0 atom stereocenters. The van der Waals surface area contributed by atoms with Gasteiger partial charge in [-0.05, 0) is 13.8 Å². The van der Waals surface area contributed by atoms with Crippen molar-refractivity contribution in [1.82, 2.24) is 19.5 Å². The lowest BCUT2D eigenvalue weighted by Crippen LogP contribution is -2.26. The average molecular weight is 205 g/mol. The molecule has 0 amide bonds. The highest BCUT2D eigenvalue weighted by Gasteiger charge is 2.18. The van der Waals surface area contributed by atoms with Crippen molar-refractivity contribution in [2.24, 2.45) is 7.05 Å². The zero-order chi connectivity index (χ0) is 10.8. The summed E-state index contributed by atoms with van der Waals surface area (Å²) in [7, 11) is 1.98. The summed E-state index contributed by atoms with van der Waals surface area (Å²) in [6.07, 6.45) is 3.34. The Hall–Kier alpha value is -1.65. The summed E-state index contributed by atoms with van der Waals surface area (Å²) >= 11 is 0. The van der Waals surface area contributed by atoms with Gasteiger partial charge in [-0.1, -0.05) is 0 Å². The minimum absolute atomic E-state index is 0.718. The first-order chi connectivity index (χ1) is 7.27. The third kappa shape index (κ3) is 1.54. The Bertz CT molecular complexity index is 418. The minimum atomic E-state index is 0.718. The number of hydrogen-bond donors (Lipinski definition) is 0. The second-order valence-corrected chi connectivity index (χ2v) is 3.40. The van der Waals surface area contributed by atoms with Gasteiger partial charge in [0, 0.05) is 20.1 Å². The van der Waals surface area contributed by atoms with Crippen molar-refractivity contribution in [3.8, 4) is 11.5 Å². The molecule has 0 aromatic heterocycles. The van der Waals surface area contributed by atoms with Crippen molar-refractivity contribution in [3.63, 3.8) is 0 Å². The summed E-state index contributed by atoms with van der Waals surface area (Å²) < 4.78 is 1.99.